The lowest BCUT2D eigenvalue weighted by molar-refractivity contribution is -0.233. The quantitative estimate of drug-likeness (QED) is 0.628. The summed E-state index contributed by atoms with van der Waals surface area (Å²) >= 11 is 0. The third kappa shape index (κ3) is 2.34. The maximum atomic E-state index is 12.6. The Kier molecular flexibility index (Phi) is 3.22. The Morgan fingerprint density at radius 2 is 1.85 bits per heavy atom. The minimum Gasteiger partial charge on any atom is -0.399 e. The van der Waals surface area contributed by atoms with E-state index in [1.165, 1.54) is 18.6 Å². The smallest absolute Gasteiger partial charge is 0.262 e. The lowest BCUT2D eigenvalue weighted by atomic mass is 9.65. The average molecular weight is 355 g/mol. The number of nitrogens with one attached hydrogen (secondary N) is 1. The Morgan fingerprint density at radius 3 is 2.54 bits per heavy atom. The molecule has 3 aliphatic heterocycles. The lowest BCUT2D eigenvalue weighted by Crippen LogP contribution is -2.64. The topological polar surface area (TPSA) is 102 Å². The number of anilines is 1. The maximum absolute atomic E-state index is 12.6. The SMILES string of the molecule is Nc1ccc2c(c1)C(=O)N(CC(=O)NC13CC4CC(CC(C4)O1)C3)C2=O. The molecule has 2 unspecified atom stereocenters. The van der Waals surface area contributed by atoms with Gasteiger partial charge in [0, 0.05) is 5.69 Å². The van der Waals surface area contributed by atoms with Gasteiger partial charge in [0.15, 0.2) is 0 Å². The van der Waals surface area contributed by atoms with Gasteiger partial charge in [-0.3, -0.25) is 19.3 Å². The highest BCUT2D eigenvalue weighted by atomic mass is 16.5. The molecule has 5 aliphatic rings. The molecule has 2 saturated heterocycles. The third-order valence-electron chi connectivity index (χ3n) is 6.15. The number of amides is 3. The molecule has 136 valence electrons. The Balaban J connectivity index is 1.31. The summed E-state index contributed by atoms with van der Waals surface area (Å²) in [5.74, 6) is -0.0763. The number of hydrogen-bond acceptors (Lipinski definition) is 5. The van der Waals surface area contributed by atoms with Crippen LogP contribution in [0.1, 0.15) is 52.8 Å². The van der Waals surface area contributed by atoms with Gasteiger partial charge in [-0.25, -0.2) is 0 Å². The summed E-state index contributed by atoms with van der Waals surface area (Å²) in [5.41, 5.74) is 6.05. The van der Waals surface area contributed by atoms with Gasteiger partial charge in [0.1, 0.15) is 12.3 Å². The number of imide groups is 1. The molecular formula is C19H21N3O4. The second-order valence-electron chi connectivity index (χ2n) is 8.13. The molecule has 7 nitrogen and oxygen atoms in total. The molecule has 4 fully saturated rings. The van der Waals surface area contributed by atoms with Crippen LogP contribution in [0.15, 0.2) is 18.2 Å². The van der Waals surface area contributed by atoms with Crippen molar-refractivity contribution in [2.24, 2.45) is 11.8 Å². The summed E-state index contributed by atoms with van der Waals surface area (Å²) in [4.78, 5) is 38.6. The van der Waals surface area contributed by atoms with Gasteiger partial charge in [0.2, 0.25) is 5.91 Å². The van der Waals surface area contributed by atoms with Crippen molar-refractivity contribution in [1.29, 1.82) is 0 Å². The Labute approximate surface area is 150 Å². The molecular weight excluding hydrogens is 334 g/mol. The monoisotopic (exact) mass is 355 g/mol. The van der Waals surface area contributed by atoms with E-state index in [0.29, 0.717) is 23.1 Å². The molecule has 1 aromatic carbocycles. The molecule has 6 rings (SSSR count). The van der Waals surface area contributed by atoms with Crippen LogP contribution in [0, 0.1) is 11.8 Å². The molecule has 0 aromatic heterocycles. The van der Waals surface area contributed by atoms with Crippen molar-refractivity contribution in [2.45, 2.75) is 43.9 Å². The van der Waals surface area contributed by atoms with Crippen molar-refractivity contribution in [3.63, 3.8) is 0 Å². The standard InChI is InChI=1S/C19H21N3O4/c20-12-1-2-14-15(6-12)18(25)22(17(14)24)9-16(23)21-19-7-10-3-11(8-19)5-13(4-10)26-19/h1-2,6,10-11,13H,3-5,7-9,20H2,(H,21,23). The van der Waals surface area contributed by atoms with Crippen LogP contribution in [0.2, 0.25) is 0 Å². The van der Waals surface area contributed by atoms with Gasteiger partial charge in [-0.1, -0.05) is 0 Å². The van der Waals surface area contributed by atoms with Crippen LogP contribution in [-0.4, -0.2) is 41.0 Å². The fraction of sp³-hybridized carbons (Fsp3) is 0.526. The van der Waals surface area contributed by atoms with E-state index in [-0.39, 0.29) is 24.1 Å². The van der Waals surface area contributed by atoms with E-state index in [9.17, 15) is 14.4 Å². The molecule has 2 atom stereocenters. The number of nitrogen functional groups attached to an aromatic ring is 1. The molecule has 3 heterocycles. The van der Waals surface area contributed by atoms with Crippen molar-refractivity contribution in [3.05, 3.63) is 29.3 Å². The third-order valence-corrected chi connectivity index (χ3v) is 6.15. The van der Waals surface area contributed by atoms with Crippen LogP contribution in [0.25, 0.3) is 0 Å². The Hall–Kier alpha value is -2.41. The van der Waals surface area contributed by atoms with E-state index >= 15 is 0 Å². The fourth-order valence-electron chi connectivity index (χ4n) is 5.39. The largest absolute Gasteiger partial charge is 0.399 e. The first-order valence-electron chi connectivity index (χ1n) is 9.17. The highest BCUT2D eigenvalue weighted by Crippen LogP contribution is 2.51. The van der Waals surface area contributed by atoms with Gasteiger partial charge in [-0.2, -0.15) is 0 Å². The summed E-state index contributed by atoms with van der Waals surface area (Å²) in [5, 5.41) is 3.00. The minimum absolute atomic E-state index is 0.226. The Bertz CT molecular complexity index is 799. The van der Waals surface area contributed by atoms with E-state index in [0.717, 1.165) is 30.6 Å². The van der Waals surface area contributed by atoms with Crippen LogP contribution in [0.4, 0.5) is 5.69 Å². The normalized spacial score (nSPS) is 34.3. The number of carbonyl (C=O) groups excluding carboxylic acids is 3. The molecule has 7 heteroatoms. The Morgan fingerprint density at radius 1 is 1.15 bits per heavy atom. The van der Waals surface area contributed by atoms with Gasteiger partial charge in [0.25, 0.3) is 11.8 Å². The van der Waals surface area contributed by atoms with Crippen LogP contribution in [0.5, 0.6) is 0 Å². The van der Waals surface area contributed by atoms with E-state index in [2.05, 4.69) is 5.32 Å². The zero-order valence-electron chi connectivity index (χ0n) is 14.4. The lowest BCUT2D eigenvalue weighted by Gasteiger charge is -2.56. The predicted molar refractivity (Wildman–Crippen MR) is 92.0 cm³/mol. The minimum atomic E-state index is -0.616. The summed E-state index contributed by atoms with van der Waals surface area (Å²) in [7, 11) is 0. The molecule has 3 N–H and O–H groups in total. The molecule has 26 heavy (non-hydrogen) atoms. The molecule has 4 bridgehead atoms. The molecule has 3 amide bonds. The second kappa shape index (κ2) is 5.30. The van der Waals surface area contributed by atoms with Crippen LogP contribution in [-0.2, 0) is 9.53 Å². The van der Waals surface area contributed by atoms with Crippen molar-refractivity contribution in [1.82, 2.24) is 10.2 Å². The average Bonchev–Trinajstić information content (AvgIpc) is 2.77. The maximum Gasteiger partial charge on any atom is 0.262 e. The van der Waals surface area contributed by atoms with Crippen molar-refractivity contribution in [3.8, 4) is 0 Å². The zero-order valence-corrected chi connectivity index (χ0v) is 14.4. The van der Waals surface area contributed by atoms with Gasteiger partial charge in [-0.05, 0) is 62.1 Å². The molecule has 2 saturated carbocycles. The van der Waals surface area contributed by atoms with Gasteiger partial charge in [0.05, 0.1) is 17.2 Å². The van der Waals surface area contributed by atoms with Crippen LogP contribution in [0.3, 0.4) is 0 Å². The molecule has 0 radical (unpaired) electrons. The summed E-state index contributed by atoms with van der Waals surface area (Å²) in [6, 6.07) is 4.59. The van der Waals surface area contributed by atoms with Crippen molar-refractivity contribution >= 4 is 23.4 Å². The number of hydrogen-bond donors (Lipinski definition) is 2. The number of nitrogens with zero attached hydrogens (tertiary/aromatic N) is 1. The summed E-state index contributed by atoms with van der Waals surface area (Å²) in [6.07, 6.45) is 5.25. The number of fused-ring (bicyclic) bond motifs is 1. The number of ether oxygens (including phenoxy) is 1. The molecule has 0 spiro atoms. The van der Waals surface area contributed by atoms with Gasteiger partial charge >= 0.3 is 0 Å². The van der Waals surface area contributed by atoms with Crippen molar-refractivity contribution < 1.29 is 19.1 Å². The van der Waals surface area contributed by atoms with E-state index < -0.39 is 17.5 Å². The number of carbonyl (C=O) groups is 3. The van der Waals surface area contributed by atoms with Crippen LogP contribution >= 0.6 is 0 Å². The van der Waals surface area contributed by atoms with Crippen molar-refractivity contribution in [2.75, 3.05) is 12.3 Å². The van der Waals surface area contributed by atoms with Gasteiger partial charge < -0.3 is 15.8 Å². The first-order valence-corrected chi connectivity index (χ1v) is 9.17. The van der Waals surface area contributed by atoms with E-state index in [4.69, 9.17) is 10.5 Å². The first kappa shape index (κ1) is 15.8. The molecule has 2 aliphatic carbocycles. The highest BCUT2D eigenvalue weighted by molar-refractivity contribution is 6.22. The summed E-state index contributed by atoms with van der Waals surface area (Å²) in [6.45, 7) is -0.294. The number of benzene rings is 1. The van der Waals surface area contributed by atoms with Gasteiger partial charge in [-0.15, -0.1) is 0 Å². The van der Waals surface area contributed by atoms with E-state index in [1.54, 1.807) is 6.07 Å². The first-order chi connectivity index (χ1) is 12.4. The zero-order chi connectivity index (χ0) is 18.1. The number of rotatable bonds is 3. The predicted octanol–water partition coefficient (Wildman–Crippen LogP) is 1.29. The molecule has 1 aromatic rings. The van der Waals surface area contributed by atoms with Crippen LogP contribution < -0.4 is 11.1 Å². The highest BCUT2D eigenvalue weighted by Gasteiger charge is 2.53. The summed E-state index contributed by atoms with van der Waals surface area (Å²) < 4.78 is 6.14. The second-order valence-corrected chi connectivity index (χ2v) is 8.13. The number of nitrogens with two attached hydrogens (primary N) is 1. The van der Waals surface area contributed by atoms with E-state index in [1.807, 2.05) is 0 Å². The fourth-order valence-corrected chi connectivity index (χ4v) is 5.39.